The molecule has 1 aliphatic carbocycles. The van der Waals surface area contributed by atoms with Crippen LogP contribution in [-0.2, 0) is 4.79 Å². The molecule has 0 bridgehead atoms. The molecule has 4 nitrogen and oxygen atoms in total. The van der Waals surface area contributed by atoms with Crippen LogP contribution >= 0.6 is 0 Å². The lowest BCUT2D eigenvalue weighted by atomic mass is 9.85. The van der Waals surface area contributed by atoms with E-state index in [1.807, 2.05) is 29.2 Å². The van der Waals surface area contributed by atoms with Gasteiger partial charge in [-0.15, -0.1) is 0 Å². The third-order valence-electron chi connectivity index (χ3n) is 4.74. The van der Waals surface area contributed by atoms with Crippen LogP contribution in [0, 0.1) is 5.41 Å². The topological polar surface area (TPSA) is 38.8 Å². The quantitative estimate of drug-likeness (QED) is 0.836. The van der Waals surface area contributed by atoms with Crippen molar-refractivity contribution < 1.29 is 14.3 Å². The maximum Gasteiger partial charge on any atom is 0.223 e. The first-order valence-electron chi connectivity index (χ1n) is 7.75. The maximum atomic E-state index is 12.1. The average molecular weight is 289 g/mol. The van der Waals surface area contributed by atoms with Gasteiger partial charge in [0.2, 0.25) is 5.91 Å². The fourth-order valence-electron chi connectivity index (χ4n) is 3.61. The van der Waals surface area contributed by atoms with Crippen LogP contribution in [0.2, 0.25) is 0 Å². The summed E-state index contributed by atoms with van der Waals surface area (Å²) in [4.78, 5) is 14.1. The van der Waals surface area contributed by atoms with Gasteiger partial charge in [-0.3, -0.25) is 4.79 Å². The Morgan fingerprint density at radius 3 is 2.76 bits per heavy atom. The number of benzene rings is 1. The van der Waals surface area contributed by atoms with Crippen LogP contribution in [0.25, 0.3) is 0 Å². The Morgan fingerprint density at radius 2 is 2.00 bits per heavy atom. The zero-order chi connectivity index (χ0) is 14.7. The van der Waals surface area contributed by atoms with Gasteiger partial charge < -0.3 is 14.4 Å². The SMILES string of the molecule is COc1cccc(OCCN2CC3(CCCC3)CC2=O)c1. The van der Waals surface area contributed by atoms with Crippen LogP contribution in [0.5, 0.6) is 11.5 Å². The Hall–Kier alpha value is -1.71. The van der Waals surface area contributed by atoms with Gasteiger partial charge in [-0.25, -0.2) is 0 Å². The van der Waals surface area contributed by atoms with E-state index in [1.54, 1.807) is 7.11 Å². The van der Waals surface area contributed by atoms with Gasteiger partial charge in [0.1, 0.15) is 18.1 Å². The predicted octanol–water partition coefficient (Wildman–Crippen LogP) is 2.87. The van der Waals surface area contributed by atoms with E-state index in [1.165, 1.54) is 25.7 Å². The highest BCUT2D eigenvalue weighted by atomic mass is 16.5. The van der Waals surface area contributed by atoms with Gasteiger partial charge in [-0.2, -0.15) is 0 Å². The largest absolute Gasteiger partial charge is 0.497 e. The Morgan fingerprint density at radius 1 is 1.24 bits per heavy atom. The molecule has 2 fully saturated rings. The minimum atomic E-state index is 0.285. The second kappa shape index (κ2) is 5.96. The molecule has 114 valence electrons. The van der Waals surface area contributed by atoms with Crippen molar-refractivity contribution in [1.82, 2.24) is 4.90 Å². The Labute approximate surface area is 126 Å². The molecule has 3 rings (SSSR count). The Kier molecular flexibility index (Phi) is 4.04. The van der Waals surface area contributed by atoms with Crippen molar-refractivity contribution in [3.05, 3.63) is 24.3 Å². The molecule has 0 N–H and O–H groups in total. The van der Waals surface area contributed by atoms with Crippen molar-refractivity contribution in [3.63, 3.8) is 0 Å². The maximum absolute atomic E-state index is 12.1. The van der Waals surface area contributed by atoms with Crippen molar-refractivity contribution in [2.24, 2.45) is 5.41 Å². The van der Waals surface area contributed by atoms with E-state index in [0.717, 1.165) is 24.5 Å². The predicted molar refractivity (Wildman–Crippen MR) is 80.6 cm³/mol. The highest BCUT2D eigenvalue weighted by Gasteiger charge is 2.44. The van der Waals surface area contributed by atoms with Gasteiger partial charge in [-0.1, -0.05) is 18.9 Å². The molecule has 0 unspecified atom stereocenters. The molecule has 1 saturated heterocycles. The number of amides is 1. The van der Waals surface area contributed by atoms with E-state index in [-0.39, 0.29) is 5.41 Å². The second-order valence-corrected chi connectivity index (χ2v) is 6.23. The molecule has 1 aromatic carbocycles. The lowest BCUT2D eigenvalue weighted by molar-refractivity contribution is -0.128. The molecule has 1 amide bonds. The van der Waals surface area contributed by atoms with Crippen molar-refractivity contribution in [2.75, 3.05) is 26.8 Å². The molecule has 1 heterocycles. The van der Waals surface area contributed by atoms with Crippen LogP contribution in [0.15, 0.2) is 24.3 Å². The van der Waals surface area contributed by atoms with Crippen LogP contribution in [0.3, 0.4) is 0 Å². The number of carbonyl (C=O) groups is 1. The number of ether oxygens (including phenoxy) is 2. The van der Waals surface area contributed by atoms with Gasteiger partial charge in [0.15, 0.2) is 0 Å². The monoisotopic (exact) mass is 289 g/mol. The molecule has 21 heavy (non-hydrogen) atoms. The summed E-state index contributed by atoms with van der Waals surface area (Å²) < 4.78 is 10.9. The lowest BCUT2D eigenvalue weighted by Crippen LogP contribution is -2.31. The zero-order valence-corrected chi connectivity index (χ0v) is 12.6. The lowest BCUT2D eigenvalue weighted by Gasteiger charge is -2.23. The molecular formula is C17H23NO3. The van der Waals surface area contributed by atoms with Gasteiger partial charge in [-0.05, 0) is 30.4 Å². The molecule has 1 aromatic rings. The summed E-state index contributed by atoms with van der Waals surface area (Å²) in [6.07, 6.45) is 5.73. The molecule has 2 aliphatic rings. The van der Waals surface area contributed by atoms with Crippen LogP contribution in [-0.4, -0.2) is 37.6 Å². The minimum absolute atomic E-state index is 0.285. The fourth-order valence-corrected chi connectivity index (χ4v) is 3.61. The van der Waals surface area contributed by atoms with E-state index in [4.69, 9.17) is 9.47 Å². The van der Waals surface area contributed by atoms with Crippen LogP contribution < -0.4 is 9.47 Å². The van der Waals surface area contributed by atoms with E-state index in [0.29, 0.717) is 19.1 Å². The van der Waals surface area contributed by atoms with Crippen molar-refractivity contribution >= 4 is 5.91 Å². The summed E-state index contributed by atoms with van der Waals surface area (Å²) in [6.45, 7) is 2.14. The molecule has 1 saturated carbocycles. The van der Waals surface area contributed by atoms with Crippen molar-refractivity contribution in [1.29, 1.82) is 0 Å². The number of likely N-dealkylation sites (tertiary alicyclic amines) is 1. The van der Waals surface area contributed by atoms with Crippen LogP contribution in [0.4, 0.5) is 0 Å². The molecule has 4 heteroatoms. The second-order valence-electron chi connectivity index (χ2n) is 6.23. The van der Waals surface area contributed by atoms with E-state index >= 15 is 0 Å². The number of carbonyl (C=O) groups excluding carboxylic acids is 1. The average Bonchev–Trinajstić information content (AvgIpc) is 3.07. The number of nitrogens with zero attached hydrogens (tertiary/aromatic N) is 1. The highest BCUT2D eigenvalue weighted by molar-refractivity contribution is 5.79. The van der Waals surface area contributed by atoms with Gasteiger partial charge >= 0.3 is 0 Å². The molecular weight excluding hydrogens is 266 g/mol. The third-order valence-corrected chi connectivity index (χ3v) is 4.74. The van der Waals surface area contributed by atoms with E-state index in [2.05, 4.69) is 0 Å². The van der Waals surface area contributed by atoms with Gasteiger partial charge in [0.25, 0.3) is 0 Å². The summed E-state index contributed by atoms with van der Waals surface area (Å²) >= 11 is 0. The summed E-state index contributed by atoms with van der Waals surface area (Å²) in [6, 6.07) is 7.57. The first-order valence-corrected chi connectivity index (χ1v) is 7.75. The Balaban J connectivity index is 1.50. The first kappa shape index (κ1) is 14.2. The minimum Gasteiger partial charge on any atom is -0.497 e. The summed E-state index contributed by atoms with van der Waals surface area (Å²) in [7, 11) is 1.64. The number of rotatable bonds is 5. The highest BCUT2D eigenvalue weighted by Crippen LogP contribution is 2.45. The Bertz CT molecular complexity index is 509. The number of hydrogen-bond donors (Lipinski definition) is 0. The molecule has 0 aromatic heterocycles. The van der Waals surface area contributed by atoms with Crippen LogP contribution in [0.1, 0.15) is 32.1 Å². The molecule has 0 radical (unpaired) electrons. The first-order chi connectivity index (χ1) is 10.2. The van der Waals surface area contributed by atoms with Crippen molar-refractivity contribution in [2.45, 2.75) is 32.1 Å². The summed E-state index contributed by atoms with van der Waals surface area (Å²) in [5.41, 5.74) is 0.285. The molecule has 1 aliphatic heterocycles. The normalized spacial score (nSPS) is 20.2. The standard InChI is InChI=1S/C17H23NO3/c1-20-14-5-4-6-15(11-14)21-10-9-18-13-17(12-16(18)19)7-2-3-8-17/h4-6,11H,2-3,7-10,12-13H2,1H3. The third kappa shape index (κ3) is 3.14. The molecule has 1 spiro atoms. The summed E-state index contributed by atoms with van der Waals surface area (Å²) in [5.74, 6) is 1.87. The molecule has 0 atom stereocenters. The smallest absolute Gasteiger partial charge is 0.223 e. The zero-order valence-electron chi connectivity index (χ0n) is 12.6. The van der Waals surface area contributed by atoms with E-state index in [9.17, 15) is 4.79 Å². The fraction of sp³-hybridized carbons (Fsp3) is 0.588. The van der Waals surface area contributed by atoms with Gasteiger partial charge in [0, 0.05) is 19.0 Å². The number of hydrogen-bond acceptors (Lipinski definition) is 3. The number of methoxy groups -OCH3 is 1. The summed E-state index contributed by atoms with van der Waals surface area (Å²) in [5, 5.41) is 0. The van der Waals surface area contributed by atoms with Gasteiger partial charge in [0.05, 0.1) is 13.7 Å². The van der Waals surface area contributed by atoms with E-state index < -0.39 is 0 Å². The van der Waals surface area contributed by atoms with Crippen molar-refractivity contribution in [3.8, 4) is 11.5 Å².